The summed E-state index contributed by atoms with van der Waals surface area (Å²) in [7, 11) is 0. The summed E-state index contributed by atoms with van der Waals surface area (Å²) in [6.45, 7) is 3.67. The second kappa shape index (κ2) is 7.89. The summed E-state index contributed by atoms with van der Waals surface area (Å²) in [5.41, 5.74) is 2.36. The van der Waals surface area contributed by atoms with E-state index in [2.05, 4.69) is 34.1 Å². The minimum atomic E-state index is -0.391. The molecule has 5 nitrogen and oxygen atoms in total. The van der Waals surface area contributed by atoms with Crippen molar-refractivity contribution in [2.75, 3.05) is 18.0 Å². The average Bonchev–Trinajstić information content (AvgIpc) is 2.70. The minimum absolute atomic E-state index is 0.297. The molecule has 0 amide bonds. The van der Waals surface area contributed by atoms with Gasteiger partial charge in [-0.25, -0.2) is 9.36 Å². The van der Waals surface area contributed by atoms with Crippen molar-refractivity contribution in [2.45, 2.75) is 26.2 Å². The van der Waals surface area contributed by atoms with Crippen LogP contribution >= 0.6 is 0 Å². The molecule has 0 saturated carbocycles. The SMILES string of the molecule is Cc1ccc(-n2c(=O)cc(N3CCC(Cc4ccccc4)CC3)[nH]c2=O)cc1. The van der Waals surface area contributed by atoms with Gasteiger partial charge in [-0.15, -0.1) is 0 Å². The van der Waals surface area contributed by atoms with Gasteiger partial charge in [0.05, 0.1) is 5.69 Å². The summed E-state index contributed by atoms with van der Waals surface area (Å²) in [4.78, 5) is 30.2. The molecule has 1 N–H and O–H groups in total. The molecule has 1 aromatic heterocycles. The van der Waals surface area contributed by atoms with Crippen LogP contribution in [0.25, 0.3) is 5.69 Å². The normalized spacial score (nSPS) is 15.0. The fourth-order valence-corrected chi connectivity index (χ4v) is 3.92. The maximum atomic E-state index is 12.6. The number of H-pyrrole nitrogens is 1. The zero-order chi connectivity index (χ0) is 19.5. The third kappa shape index (κ3) is 3.93. The number of hydrogen-bond donors (Lipinski definition) is 1. The molecule has 2 heterocycles. The van der Waals surface area contributed by atoms with Crippen molar-refractivity contribution >= 4 is 5.82 Å². The van der Waals surface area contributed by atoms with Crippen molar-refractivity contribution in [3.05, 3.63) is 92.6 Å². The van der Waals surface area contributed by atoms with Crippen LogP contribution in [0.1, 0.15) is 24.0 Å². The first-order chi connectivity index (χ1) is 13.6. The van der Waals surface area contributed by atoms with Crippen LogP contribution in [0, 0.1) is 12.8 Å². The molecule has 0 aliphatic carbocycles. The molecule has 0 radical (unpaired) electrons. The lowest BCUT2D eigenvalue weighted by molar-refractivity contribution is 0.402. The molecule has 144 valence electrons. The quantitative estimate of drug-likeness (QED) is 0.761. The molecule has 2 aromatic carbocycles. The Labute approximate surface area is 164 Å². The Hall–Kier alpha value is -3.08. The van der Waals surface area contributed by atoms with Crippen LogP contribution in [0.3, 0.4) is 0 Å². The topological polar surface area (TPSA) is 58.1 Å². The lowest BCUT2D eigenvalue weighted by Gasteiger charge is -2.33. The lowest BCUT2D eigenvalue weighted by Crippen LogP contribution is -2.40. The van der Waals surface area contributed by atoms with Gasteiger partial charge in [-0.05, 0) is 49.8 Å². The van der Waals surface area contributed by atoms with Gasteiger partial charge < -0.3 is 4.90 Å². The molecule has 5 heteroatoms. The number of nitrogens with one attached hydrogen (secondary N) is 1. The highest BCUT2D eigenvalue weighted by Gasteiger charge is 2.21. The summed E-state index contributed by atoms with van der Waals surface area (Å²) < 4.78 is 1.19. The third-order valence-electron chi connectivity index (χ3n) is 5.53. The second-order valence-electron chi connectivity index (χ2n) is 7.59. The van der Waals surface area contributed by atoms with Gasteiger partial charge in [0, 0.05) is 19.2 Å². The first kappa shape index (κ1) is 18.3. The maximum absolute atomic E-state index is 12.6. The number of aromatic nitrogens is 2. The Morgan fingerprint density at radius 1 is 0.964 bits per heavy atom. The minimum Gasteiger partial charge on any atom is -0.358 e. The van der Waals surface area contributed by atoms with Crippen LogP contribution in [0.2, 0.25) is 0 Å². The Bertz CT molecular complexity index is 1010. The molecule has 0 bridgehead atoms. The molecule has 0 unspecified atom stereocenters. The van der Waals surface area contributed by atoms with E-state index in [1.54, 1.807) is 18.2 Å². The molecule has 3 aromatic rings. The van der Waals surface area contributed by atoms with E-state index in [9.17, 15) is 9.59 Å². The second-order valence-corrected chi connectivity index (χ2v) is 7.59. The van der Waals surface area contributed by atoms with Gasteiger partial charge in [-0.1, -0.05) is 48.0 Å². The van der Waals surface area contributed by atoms with Crippen LogP contribution in [-0.2, 0) is 6.42 Å². The molecule has 1 aliphatic heterocycles. The molecular formula is C23H25N3O2. The molecular weight excluding hydrogens is 350 g/mol. The number of anilines is 1. The van der Waals surface area contributed by atoms with Crippen molar-refractivity contribution in [2.24, 2.45) is 5.92 Å². The molecule has 4 rings (SSSR count). The van der Waals surface area contributed by atoms with E-state index in [1.165, 1.54) is 10.1 Å². The smallest absolute Gasteiger partial charge is 0.334 e. The van der Waals surface area contributed by atoms with Crippen LogP contribution < -0.4 is 16.1 Å². The van der Waals surface area contributed by atoms with Crippen molar-refractivity contribution in [1.82, 2.24) is 9.55 Å². The van der Waals surface area contributed by atoms with Crippen molar-refractivity contribution in [3.8, 4) is 5.69 Å². The van der Waals surface area contributed by atoms with Gasteiger partial charge in [0.1, 0.15) is 5.82 Å². The Morgan fingerprint density at radius 3 is 2.29 bits per heavy atom. The van der Waals surface area contributed by atoms with E-state index < -0.39 is 5.69 Å². The predicted octanol–water partition coefficient (Wildman–Crippen LogP) is 3.29. The molecule has 1 saturated heterocycles. The number of benzene rings is 2. The monoisotopic (exact) mass is 375 g/mol. The molecule has 0 spiro atoms. The van der Waals surface area contributed by atoms with Crippen molar-refractivity contribution in [3.63, 3.8) is 0 Å². The van der Waals surface area contributed by atoms with Gasteiger partial charge in [-0.2, -0.15) is 0 Å². The highest BCUT2D eigenvalue weighted by molar-refractivity contribution is 5.40. The van der Waals surface area contributed by atoms with Gasteiger partial charge in [0.25, 0.3) is 5.56 Å². The van der Waals surface area contributed by atoms with Crippen LogP contribution in [0.4, 0.5) is 5.82 Å². The van der Waals surface area contributed by atoms with E-state index in [4.69, 9.17) is 0 Å². The average molecular weight is 375 g/mol. The number of aromatic amines is 1. The zero-order valence-corrected chi connectivity index (χ0v) is 16.1. The molecule has 28 heavy (non-hydrogen) atoms. The standard InChI is InChI=1S/C23H25N3O2/c1-17-7-9-20(10-8-17)26-22(27)16-21(24-23(26)28)25-13-11-19(12-14-25)15-18-5-3-2-4-6-18/h2-10,16,19H,11-15H2,1H3,(H,24,28). The van der Waals surface area contributed by atoms with Crippen molar-refractivity contribution in [1.29, 1.82) is 0 Å². The van der Waals surface area contributed by atoms with Gasteiger partial charge in [0.15, 0.2) is 0 Å². The zero-order valence-electron chi connectivity index (χ0n) is 16.1. The van der Waals surface area contributed by atoms with Crippen molar-refractivity contribution < 1.29 is 0 Å². The summed E-state index contributed by atoms with van der Waals surface area (Å²) in [6, 6.07) is 19.5. The van der Waals surface area contributed by atoms with Crippen LogP contribution in [0.5, 0.6) is 0 Å². The highest BCUT2D eigenvalue weighted by atomic mass is 16.2. The largest absolute Gasteiger partial charge is 0.358 e. The molecule has 0 atom stereocenters. The van der Waals surface area contributed by atoms with Gasteiger partial charge in [0.2, 0.25) is 0 Å². The Morgan fingerprint density at radius 2 is 1.64 bits per heavy atom. The lowest BCUT2D eigenvalue weighted by atomic mass is 9.90. The number of rotatable bonds is 4. The first-order valence-corrected chi connectivity index (χ1v) is 9.82. The van der Waals surface area contributed by atoms with E-state index >= 15 is 0 Å². The van der Waals surface area contributed by atoms with E-state index in [-0.39, 0.29) is 5.56 Å². The summed E-state index contributed by atoms with van der Waals surface area (Å²) in [6.07, 6.45) is 3.19. The molecule has 1 aliphatic rings. The fraction of sp³-hybridized carbons (Fsp3) is 0.304. The van der Waals surface area contributed by atoms with E-state index in [0.29, 0.717) is 17.4 Å². The van der Waals surface area contributed by atoms with Crippen LogP contribution in [0.15, 0.2) is 70.3 Å². The Kier molecular flexibility index (Phi) is 5.15. The highest BCUT2D eigenvalue weighted by Crippen LogP contribution is 2.24. The number of hydrogen-bond acceptors (Lipinski definition) is 3. The van der Waals surface area contributed by atoms with Gasteiger partial charge in [-0.3, -0.25) is 9.78 Å². The van der Waals surface area contributed by atoms with E-state index in [1.807, 2.05) is 25.1 Å². The number of nitrogens with zero attached hydrogens (tertiary/aromatic N) is 2. The maximum Gasteiger partial charge on any atom is 0.334 e. The Balaban J connectivity index is 1.48. The van der Waals surface area contributed by atoms with Crippen LogP contribution in [-0.4, -0.2) is 22.6 Å². The predicted molar refractivity (Wildman–Crippen MR) is 112 cm³/mol. The van der Waals surface area contributed by atoms with E-state index in [0.717, 1.165) is 37.9 Å². The number of piperidine rings is 1. The number of aryl methyl sites for hydroxylation is 1. The third-order valence-corrected chi connectivity index (χ3v) is 5.53. The first-order valence-electron chi connectivity index (χ1n) is 9.82. The summed E-state index contributed by atoms with van der Waals surface area (Å²) in [5, 5.41) is 0. The fourth-order valence-electron chi connectivity index (χ4n) is 3.92. The summed E-state index contributed by atoms with van der Waals surface area (Å²) in [5.74, 6) is 1.26. The van der Waals surface area contributed by atoms with Gasteiger partial charge >= 0.3 is 5.69 Å². The molecule has 1 fully saturated rings. The summed E-state index contributed by atoms with van der Waals surface area (Å²) >= 11 is 0.